The quantitative estimate of drug-likeness (QED) is 0.563. The molecule has 0 aromatic carbocycles. The molecule has 0 aromatic rings. The number of hydrogen-bond donors (Lipinski definition) is 0. The van der Waals surface area contributed by atoms with Gasteiger partial charge in [-0.2, -0.15) is 0 Å². The van der Waals surface area contributed by atoms with E-state index in [4.69, 9.17) is 0 Å². The average Bonchev–Trinajstić information content (AvgIpc) is 2.85. The second-order valence-electron chi connectivity index (χ2n) is 9.51. The molecule has 0 heterocycles. The summed E-state index contributed by atoms with van der Waals surface area (Å²) in [6.07, 6.45) is 13.0. The van der Waals surface area contributed by atoms with E-state index in [0.29, 0.717) is 11.2 Å². The summed E-state index contributed by atoms with van der Waals surface area (Å²) in [5, 5.41) is 0. The van der Waals surface area contributed by atoms with Crippen LogP contribution in [0.2, 0.25) is 0 Å². The summed E-state index contributed by atoms with van der Waals surface area (Å²) in [4.78, 5) is 12.2. The summed E-state index contributed by atoms with van der Waals surface area (Å²) in [5.41, 5.74) is 2.47. The molecular weight excluding hydrogens is 280 g/mol. The zero-order chi connectivity index (χ0) is 16.4. The molecule has 0 aromatic heterocycles. The van der Waals surface area contributed by atoms with Crippen LogP contribution in [-0.2, 0) is 4.79 Å². The molecule has 3 fully saturated rings. The van der Waals surface area contributed by atoms with Crippen molar-refractivity contribution < 1.29 is 4.79 Å². The molecule has 3 saturated carbocycles. The molecule has 1 nitrogen and oxygen atoms in total. The molecule has 4 aliphatic rings. The lowest BCUT2D eigenvalue weighted by molar-refractivity contribution is -0.118. The fraction of sp³-hybridized carbons (Fsp3) is 0.818. The van der Waals surface area contributed by atoms with Gasteiger partial charge in [0.25, 0.3) is 0 Å². The number of hydrogen-bond acceptors (Lipinski definition) is 1. The molecule has 1 radical (unpaired) electrons. The second kappa shape index (κ2) is 5.20. The molecule has 0 saturated heterocycles. The van der Waals surface area contributed by atoms with Gasteiger partial charge in [0, 0.05) is 5.92 Å². The average molecular weight is 314 g/mol. The van der Waals surface area contributed by atoms with Crippen molar-refractivity contribution in [3.05, 3.63) is 17.6 Å². The molecule has 1 heteroatoms. The van der Waals surface area contributed by atoms with E-state index in [1.165, 1.54) is 50.9 Å². The monoisotopic (exact) mass is 313 g/mol. The highest BCUT2D eigenvalue weighted by Gasteiger charge is 2.60. The molecule has 0 N–H and O–H groups in total. The standard InChI is InChI=1S/C22H33O/c1-14-13-16-19-9-8-18(15(2)23)22(19,4)12-10-20(16)21(3)11-6-5-7-17(14)21/h7,14,16,19-20H,5-6,8-13H2,1-4H3/t14?,16-,19-,20-,21-,22+/m0/s1. The number of carbonyl (C=O) groups excluding carboxylic acids is 1. The van der Waals surface area contributed by atoms with Crippen LogP contribution in [0.15, 0.2) is 11.6 Å². The Labute approximate surface area is 142 Å². The SMILES string of the molecule is CC(=O)[C]1CC[C@H]2[C@@H]3CC(C)C4=CCCC[C@]4(C)[C@H]3CC[C@]12C. The van der Waals surface area contributed by atoms with Crippen LogP contribution in [0.25, 0.3) is 0 Å². The first-order valence-corrected chi connectivity index (χ1v) is 9.95. The molecule has 0 amide bonds. The van der Waals surface area contributed by atoms with Gasteiger partial charge < -0.3 is 0 Å². The summed E-state index contributed by atoms with van der Waals surface area (Å²) in [6, 6.07) is 0. The number of carbonyl (C=O) groups is 1. The molecule has 127 valence electrons. The number of ketones is 1. The molecule has 0 spiro atoms. The van der Waals surface area contributed by atoms with Crippen LogP contribution in [-0.4, -0.2) is 5.78 Å². The predicted octanol–water partition coefficient (Wildman–Crippen LogP) is 5.75. The third kappa shape index (κ3) is 2.07. The van der Waals surface area contributed by atoms with Crippen molar-refractivity contribution in [2.75, 3.05) is 0 Å². The Balaban J connectivity index is 1.70. The number of allylic oxidation sites excluding steroid dienone is 2. The van der Waals surface area contributed by atoms with E-state index in [9.17, 15) is 4.79 Å². The van der Waals surface area contributed by atoms with Crippen molar-refractivity contribution in [2.45, 2.75) is 79.1 Å². The summed E-state index contributed by atoms with van der Waals surface area (Å²) in [7, 11) is 0. The van der Waals surface area contributed by atoms with Crippen LogP contribution in [0.5, 0.6) is 0 Å². The molecule has 4 rings (SSSR count). The maximum Gasteiger partial charge on any atom is 0.137 e. The molecular formula is C22H33O. The summed E-state index contributed by atoms with van der Waals surface area (Å²) in [6.45, 7) is 9.29. The molecule has 4 aliphatic carbocycles. The molecule has 6 atom stereocenters. The van der Waals surface area contributed by atoms with Crippen molar-refractivity contribution >= 4 is 5.78 Å². The summed E-state index contributed by atoms with van der Waals surface area (Å²) in [5.74, 6) is 4.90. The van der Waals surface area contributed by atoms with Crippen LogP contribution < -0.4 is 0 Å². The number of rotatable bonds is 1. The van der Waals surface area contributed by atoms with E-state index >= 15 is 0 Å². The minimum atomic E-state index is 0.221. The zero-order valence-corrected chi connectivity index (χ0v) is 15.5. The summed E-state index contributed by atoms with van der Waals surface area (Å²) >= 11 is 0. The van der Waals surface area contributed by atoms with E-state index < -0.39 is 0 Å². The molecule has 1 unspecified atom stereocenters. The van der Waals surface area contributed by atoms with Gasteiger partial charge in [0.1, 0.15) is 5.78 Å². The van der Waals surface area contributed by atoms with Gasteiger partial charge in [-0.3, -0.25) is 4.79 Å². The Kier molecular flexibility index (Phi) is 3.60. The van der Waals surface area contributed by atoms with Gasteiger partial charge in [0.15, 0.2) is 0 Å². The van der Waals surface area contributed by atoms with Crippen molar-refractivity contribution in [1.29, 1.82) is 0 Å². The van der Waals surface area contributed by atoms with E-state index in [-0.39, 0.29) is 5.41 Å². The fourth-order valence-corrected chi connectivity index (χ4v) is 7.60. The third-order valence-electron chi connectivity index (χ3n) is 8.55. The fourth-order valence-electron chi connectivity index (χ4n) is 7.60. The van der Waals surface area contributed by atoms with E-state index in [0.717, 1.165) is 30.1 Å². The largest absolute Gasteiger partial charge is 0.299 e. The van der Waals surface area contributed by atoms with Crippen LogP contribution in [0.4, 0.5) is 0 Å². The van der Waals surface area contributed by atoms with Crippen LogP contribution in [0.3, 0.4) is 0 Å². The van der Waals surface area contributed by atoms with Gasteiger partial charge in [-0.1, -0.05) is 32.4 Å². The van der Waals surface area contributed by atoms with Gasteiger partial charge in [-0.05, 0) is 92.8 Å². The summed E-state index contributed by atoms with van der Waals surface area (Å²) < 4.78 is 0. The highest BCUT2D eigenvalue weighted by Crippen LogP contribution is 2.68. The maximum absolute atomic E-state index is 12.2. The van der Waals surface area contributed by atoms with E-state index in [2.05, 4.69) is 26.8 Å². The van der Waals surface area contributed by atoms with Gasteiger partial charge in [-0.25, -0.2) is 0 Å². The third-order valence-corrected chi connectivity index (χ3v) is 8.55. The number of fused-ring (bicyclic) bond motifs is 5. The Morgan fingerprint density at radius 2 is 1.87 bits per heavy atom. The van der Waals surface area contributed by atoms with Crippen LogP contribution in [0.1, 0.15) is 79.1 Å². The highest BCUT2D eigenvalue weighted by molar-refractivity contribution is 5.91. The first-order chi connectivity index (χ1) is 10.9. The lowest BCUT2D eigenvalue weighted by atomic mass is 9.45. The normalized spacial score (nSPS) is 49.8. The lowest BCUT2D eigenvalue weighted by Crippen LogP contribution is -2.52. The first kappa shape index (κ1) is 15.9. The van der Waals surface area contributed by atoms with Crippen LogP contribution >= 0.6 is 0 Å². The van der Waals surface area contributed by atoms with Crippen LogP contribution in [0, 0.1) is 40.4 Å². The Morgan fingerprint density at radius 3 is 2.61 bits per heavy atom. The Morgan fingerprint density at radius 1 is 1.13 bits per heavy atom. The minimum absolute atomic E-state index is 0.221. The second-order valence-corrected chi connectivity index (χ2v) is 9.51. The van der Waals surface area contributed by atoms with Gasteiger partial charge >= 0.3 is 0 Å². The Bertz CT molecular complexity index is 546. The first-order valence-electron chi connectivity index (χ1n) is 9.95. The topological polar surface area (TPSA) is 17.1 Å². The highest BCUT2D eigenvalue weighted by atomic mass is 16.1. The zero-order valence-electron chi connectivity index (χ0n) is 15.5. The maximum atomic E-state index is 12.2. The smallest absolute Gasteiger partial charge is 0.137 e. The predicted molar refractivity (Wildman–Crippen MR) is 94.8 cm³/mol. The van der Waals surface area contributed by atoms with Crippen molar-refractivity contribution in [3.8, 4) is 0 Å². The Hall–Kier alpha value is -0.590. The molecule has 0 aliphatic heterocycles. The van der Waals surface area contributed by atoms with Crippen molar-refractivity contribution in [2.24, 2.45) is 34.5 Å². The molecule has 23 heavy (non-hydrogen) atoms. The van der Waals surface area contributed by atoms with Gasteiger partial charge in [0.05, 0.1) is 0 Å². The van der Waals surface area contributed by atoms with E-state index in [1.54, 1.807) is 5.57 Å². The van der Waals surface area contributed by atoms with E-state index in [1.807, 2.05) is 6.92 Å². The van der Waals surface area contributed by atoms with Crippen molar-refractivity contribution in [1.82, 2.24) is 0 Å². The van der Waals surface area contributed by atoms with Gasteiger partial charge in [-0.15, -0.1) is 0 Å². The molecule has 0 bridgehead atoms. The lowest BCUT2D eigenvalue weighted by Gasteiger charge is -2.59. The minimum Gasteiger partial charge on any atom is -0.299 e. The number of Topliss-reactive ketones (excluding diaryl/α,β-unsaturated/α-hetero) is 1. The van der Waals surface area contributed by atoms with Crippen molar-refractivity contribution in [3.63, 3.8) is 0 Å². The van der Waals surface area contributed by atoms with Gasteiger partial charge in [0.2, 0.25) is 0 Å².